The summed E-state index contributed by atoms with van der Waals surface area (Å²) >= 11 is 1.65. The minimum Gasteiger partial charge on any atom is -0.399 e. The molecule has 0 aliphatic heterocycles. The standard InChI is InChI=1S/C8H12N2OS/c9-7-1-2-10-8(5-7)6-12-4-3-11/h1-2,5,11H,3-4,6H2,(H2,9,10). The van der Waals surface area contributed by atoms with E-state index in [4.69, 9.17) is 10.8 Å². The van der Waals surface area contributed by atoms with Crippen LogP contribution >= 0.6 is 11.8 Å². The number of nitrogens with zero attached hydrogens (tertiary/aromatic N) is 1. The molecule has 1 aromatic rings. The van der Waals surface area contributed by atoms with Crippen LogP contribution in [-0.2, 0) is 5.75 Å². The maximum Gasteiger partial charge on any atom is 0.0523 e. The zero-order valence-corrected chi connectivity index (χ0v) is 7.55. The first-order valence-electron chi connectivity index (χ1n) is 3.72. The summed E-state index contributed by atoms with van der Waals surface area (Å²) in [6, 6.07) is 3.62. The summed E-state index contributed by atoms with van der Waals surface area (Å²) in [5, 5.41) is 8.53. The Morgan fingerprint density at radius 3 is 3.08 bits per heavy atom. The van der Waals surface area contributed by atoms with Crippen LogP contribution in [0.4, 0.5) is 5.69 Å². The fourth-order valence-electron chi connectivity index (χ4n) is 0.817. The van der Waals surface area contributed by atoms with E-state index in [9.17, 15) is 0 Å². The quantitative estimate of drug-likeness (QED) is 0.682. The van der Waals surface area contributed by atoms with Crippen LogP contribution in [0, 0.1) is 0 Å². The highest BCUT2D eigenvalue weighted by Gasteiger charge is 1.94. The van der Waals surface area contributed by atoms with Crippen molar-refractivity contribution in [2.45, 2.75) is 5.75 Å². The number of rotatable bonds is 4. The molecule has 0 amide bonds. The SMILES string of the molecule is Nc1ccnc(CSCCO)c1. The van der Waals surface area contributed by atoms with Crippen molar-refractivity contribution in [3.8, 4) is 0 Å². The van der Waals surface area contributed by atoms with Crippen molar-refractivity contribution in [3.63, 3.8) is 0 Å². The van der Waals surface area contributed by atoms with Gasteiger partial charge in [-0.15, -0.1) is 0 Å². The lowest BCUT2D eigenvalue weighted by Crippen LogP contribution is -1.92. The summed E-state index contributed by atoms with van der Waals surface area (Å²) in [5.41, 5.74) is 7.27. The maximum atomic E-state index is 8.53. The molecule has 0 radical (unpaired) electrons. The lowest BCUT2D eigenvalue weighted by molar-refractivity contribution is 0.322. The Bertz CT molecular complexity index is 242. The normalized spacial score (nSPS) is 10.1. The number of nitrogen functional groups attached to an aromatic ring is 1. The lowest BCUT2D eigenvalue weighted by Gasteiger charge is -1.99. The minimum absolute atomic E-state index is 0.215. The summed E-state index contributed by atoms with van der Waals surface area (Å²) in [7, 11) is 0. The Hall–Kier alpha value is -0.740. The van der Waals surface area contributed by atoms with Crippen molar-refractivity contribution < 1.29 is 5.11 Å². The predicted molar refractivity (Wildman–Crippen MR) is 51.9 cm³/mol. The molecule has 1 aromatic heterocycles. The van der Waals surface area contributed by atoms with E-state index in [0.717, 1.165) is 22.9 Å². The van der Waals surface area contributed by atoms with Crippen LogP contribution in [0.2, 0.25) is 0 Å². The molecule has 0 unspecified atom stereocenters. The molecule has 0 fully saturated rings. The van der Waals surface area contributed by atoms with Crippen molar-refractivity contribution >= 4 is 17.4 Å². The van der Waals surface area contributed by atoms with Crippen LogP contribution in [0.1, 0.15) is 5.69 Å². The smallest absolute Gasteiger partial charge is 0.0523 e. The highest BCUT2D eigenvalue weighted by atomic mass is 32.2. The molecule has 3 N–H and O–H groups in total. The van der Waals surface area contributed by atoms with Gasteiger partial charge >= 0.3 is 0 Å². The van der Waals surface area contributed by atoms with Crippen LogP contribution in [0.25, 0.3) is 0 Å². The van der Waals surface area contributed by atoms with Crippen molar-refractivity contribution in [2.75, 3.05) is 18.1 Å². The summed E-state index contributed by atoms with van der Waals surface area (Å²) in [6.07, 6.45) is 1.70. The Morgan fingerprint density at radius 1 is 1.58 bits per heavy atom. The highest BCUT2D eigenvalue weighted by molar-refractivity contribution is 7.98. The zero-order chi connectivity index (χ0) is 8.81. The molecule has 0 saturated heterocycles. The summed E-state index contributed by atoms with van der Waals surface area (Å²) < 4.78 is 0. The second-order valence-corrected chi connectivity index (χ2v) is 3.46. The Labute approximate surface area is 76.0 Å². The van der Waals surface area contributed by atoms with E-state index in [1.54, 1.807) is 24.0 Å². The van der Waals surface area contributed by atoms with E-state index in [1.165, 1.54) is 0 Å². The molecule has 0 aromatic carbocycles. The predicted octanol–water partition coefficient (Wildman–Crippen LogP) is 0.889. The molecule has 1 rings (SSSR count). The molecule has 3 nitrogen and oxygen atoms in total. The van der Waals surface area contributed by atoms with Crippen molar-refractivity contribution in [1.82, 2.24) is 4.98 Å². The van der Waals surface area contributed by atoms with E-state index in [0.29, 0.717) is 0 Å². The van der Waals surface area contributed by atoms with Crippen LogP contribution in [0.3, 0.4) is 0 Å². The van der Waals surface area contributed by atoms with Crippen LogP contribution in [-0.4, -0.2) is 22.5 Å². The third-order valence-electron chi connectivity index (χ3n) is 1.33. The molecule has 4 heteroatoms. The zero-order valence-electron chi connectivity index (χ0n) is 6.73. The fraction of sp³-hybridized carbons (Fsp3) is 0.375. The Kier molecular flexibility index (Phi) is 3.90. The molecule has 0 aliphatic carbocycles. The van der Waals surface area contributed by atoms with Crippen molar-refractivity contribution in [3.05, 3.63) is 24.0 Å². The third kappa shape index (κ3) is 3.11. The van der Waals surface area contributed by atoms with Gasteiger partial charge in [0.05, 0.1) is 12.3 Å². The highest BCUT2D eigenvalue weighted by Crippen LogP contribution is 2.11. The number of hydrogen-bond acceptors (Lipinski definition) is 4. The second-order valence-electron chi connectivity index (χ2n) is 2.36. The van der Waals surface area contributed by atoms with E-state index in [-0.39, 0.29) is 6.61 Å². The monoisotopic (exact) mass is 184 g/mol. The molecule has 12 heavy (non-hydrogen) atoms. The van der Waals surface area contributed by atoms with Crippen molar-refractivity contribution in [2.24, 2.45) is 0 Å². The van der Waals surface area contributed by atoms with Gasteiger partial charge in [0.15, 0.2) is 0 Å². The van der Waals surface area contributed by atoms with E-state index in [1.807, 2.05) is 6.07 Å². The van der Waals surface area contributed by atoms with Gasteiger partial charge in [0.1, 0.15) is 0 Å². The Balaban J connectivity index is 2.41. The van der Waals surface area contributed by atoms with Crippen LogP contribution in [0.15, 0.2) is 18.3 Å². The molecule has 0 atom stereocenters. The molecule has 0 spiro atoms. The van der Waals surface area contributed by atoms with Gasteiger partial charge in [0.2, 0.25) is 0 Å². The Morgan fingerprint density at radius 2 is 2.42 bits per heavy atom. The third-order valence-corrected chi connectivity index (χ3v) is 2.30. The lowest BCUT2D eigenvalue weighted by atomic mass is 10.3. The molecular weight excluding hydrogens is 172 g/mol. The first kappa shape index (κ1) is 9.35. The average molecular weight is 184 g/mol. The topological polar surface area (TPSA) is 59.1 Å². The average Bonchev–Trinajstić information content (AvgIpc) is 2.05. The second kappa shape index (κ2) is 5.00. The number of aliphatic hydroxyl groups is 1. The van der Waals surface area contributed by atoms with Gasteiger partial charge in [-0.2, -0.15) is 11.8 Å². The summed E-state index contributed by atoms with van der Waals surface area (Å²) in [5.74, 6) is 1.56. The largest absolute Gasteiger partial charge is 0.399 e. The van der Waals surface area contributed by atoms with Crippen LogP contribution < -0.4 is 5.73 Å². The number of hydrogen-bond donors (Lipinski definition) is 2. The maximum absolute atomic E-state index is 8.53. The number of aromatic nitrogens is 1. The fourth-order valence-corrected chi connectivity index (χ4v) is 1.46. The van der Waals surface area contributed by atoms with E-state index in [2.05, 4.69) is 4.98 Å². The summed E-state index contributed by atoms with van der Waals surface area (Å²) in [4.78, 5) is 4.13. The number of anilines is 1. The number of pyridine rings is 1. The van der Waals surface area contributed by atoms with Gasteiger partial charge in [0.25, 0.3) is 0 Å². The number of thioether (sulfide) groups is 1. The van der Waals surface area contributed by atoms with Gasteiger partial charge in [-0.25, -0.2) is 0 Å². The van der Waals surface area contributed by atoms with Gasteiger partial charge in [-0.05, 0) is 12.1 Å². The molecule has 0 saturated carbocycles. The van der Waals surface area contributed by atoms with Gasteiger partial charge < -0.3 is 10.8 Å². The van der Waals surface area contributed by atoms with E-state index >= 15 is 0 Å². The first-order chi connectivity index (χ1) is 5.83. The van der Waals surface area contributed by atoms with Gasteiger partial charge in [-0.3, -0.25) is 4.98 Å². The molecule has 0 bridgehead atoms. The molecular formula is C8H12N2OS. The number of nitrogens with two attached hydrogens (primary N) is 1. The summed E-state index contributed by atoms with van der Waals surface area (Å²) in [6.45, 7) is 0.215. The first-order valence-corrected chi connectivity index (χ1v) is 4.87. The van der Waals surface area contributed by atoms with Gasteiger partial charge in [0, 0.05) is 23.4 Å². The van der Waals surface area contributed by atoms with Gasteiger partial charge in [-0.1, -0.05) is 0 Å². The molecule has 0 aliphatic rings. The molecule has 66 valence electrons. The minimum atomic E-state index is 0.215. The number of aliphatic hydroxyl groups excluding tert-OH is 1. The van der Waals surface area contributed by atoms with E-state index < -0.39 is 0 Å². The van der Waals surface area contributed by atoms with Crippen molar-refractivity contribution in [1.29, 1.82) is 0 Å². The van der Waals surface area contributed by atoms with Crippen LogP contribution in [0.5, 0.6) is 0 Å². The molecule has 1 heterocycles.